The van der Waals surface area contributed by atoms with E-state index in [-0.39, 0.29) is 11.8 Å². The fourth-order valence-corrected chi connectivity index (χ4v) is 4.58. The van der Waals surface area contributed by atoms with Crippen molar-refractivity contribution in [2.45, 2.75) is 12.5 Å². The standard InChI is InChI=1S/C25H25IN2O/c26-23-13-7-8-20(18-23)19-27-14-16-28(17-15-27)25(29)24(21-9-3-1-4-10-21)22-11-5-2-6-12-22/h1-13,18,24H,14-17,19H2. The molecule has 1 heterocycles. The van der Waals surface area contributed by atoms with Crippen LogP contribution in [-0.4, -0.2) is 41.9 Å². The van der Waals surface area contributed by atoms with Crippen LogP contribution in [0.5, 0.6) is 0 Å². The molecule has 0 N–H and O–H groups in total. The number of carbonyl (C=O) groups excluding carboxylic acids is 1. The minimum absolute atomic E-state index is 0.205. The van der Waals surface area contributed by atoms with Gasteiger partial charge in [-0.3, -0.25) is 9.69 Å². The Balaban J connectivity index is 1.45. The molecule has 0 atom stereocenters. The molecule has 3 aromatic rings. The van der Waals surface area contributed by atoms with Gasteiger partial charge in [-0.05, 0) is 51.4 Å². The van der Waals surface area contributed by atoms with Crippen LogP contribution >= 0.6 is 22.6 Å². The number of amides is 1. The molecule has 0 aromatic heterocycles. The molecule has 3 nitrogen and oxygen atoms in total. The van der Waals surface area contributed by atoms with Crippen molar-refractivity contribution in [3.8, 4) is 0 Å². The first-order chi connectivity index (χ1) is 14.2. The van der Waals surface area contributed by atoms with Gasteiger partial charge >= 0.3 is 0 Å². The van der Waals surface area contributed by atoms with Crippen molar-refractivity contribution >= 4 is 28.5 Å². The van der Waals surface area contributed by atoms with Crippen molar-refractivity contribution in [3.63, 3.8) is 0 Å². The van der Waals surface area contributed by atoms with Crippen LogP contribution in [0.4, 0.5) is 0 Å². The number of halogens is 1. The second kappa shape index (κ2) is 9.55. The first-order valence-electron chi connectivity index (χ1n) is 10.1. The van der Waals surface area contributed by atoms with Gasteiger partial charge in [-0.15, -0.1) is 0 Å². The molecule has 29 heavy (non-hydrogen) atoms. The Labute approximate surface area is 186 Å². The van der Waals surface area contributed by atoms with Crippen molar-refractivity contribution in [3.05, 3.63) is 105 Å². The Bertz CT molecular complexity index is 898. The molecule has 0 spiro atoms. The van der Waals surface area contributed by atoms with E-state index in [0.717, 1.165) is 43.9 Å². The molecule has 3 aromatic carbocycles. The van der Waals surface area contributed by atoms with Gasteiger partial charge in [0.2, 0.25) is 5.91 Å². The van der Waals surface area contributed by atoms with Crippen molar-refractivity contribution < 1.29 is 4.79 Å². The monoisotopic (exact) mass is 496 g/mol. The van der Waals surface area contributed by atoms with E-state index in [4.69, 9.17) is 0 Å². The van der Waals surface area contributed by atoms with E-state index in [9.17, 15) is 4.79 Å². The topological polar surface area (TPSA) is 23.6 Å². The summed E-state index contributed by atoms with van der Waals surface area (Å²) in [5.41, 5.74) is 3.46. The lowest BCUT2D eigenvalue weighted by atomic mass is 9.90. The summed E-state index contributed by atoms with van der Waals surface area (Å²) in [6.45, 7) is 4.32. The fraction of sp³-hybridized carbons (Fsp3) is 0.240. The molecule has 4 heteroatoms. The number of piperazine rings is 1. The highest BCUT2D eigenvalue weighted by atomic mass is 127. The minimum Gasteiger partial charge on any atom is -0.339 e. The van der Waals surface area contributed by atoms with E-state index in [1.807, 2.05) is 41.3 Å². The molecule has 1 amide bonds. The largest absolute Gasteiger partial charge is 0.339 e. The summed E-state index contributed by atoms with van der Waals surface area (Å²) in [7, 11) is 0. The van der Waals surface area contributed by atoms with Gasteiger partial charge in [0.15, 0.2) is 0 Å². The second-order valence-electron chi connectivity index (χ2n) is 7.49. The van der Waals surface area contributed by atoms with Crippen molar-refractivity contribution in [1.82, 2.24) is 9.80 Å². The summed E-state index contributed by atoms with van der Waals surface area (Å²) in [5, 5.41) is 0. The third-order valence-electron chi connectivity index (χ3n) is 5.49. The predicted octanol–water partition coefficient (Wildman–Crippen LogP) is 4.77. The Morgan fingerprint density at radius 1 is 0.793 bits per heavy atom. The van der Waals surface area contributed by atoms with Crippen molar-refractivity contribution in [2.24, 2.45) is 0 Å². The van der Waals surface area contributed by atoms with Crippen LogP contribution in [0.15, 0.2) is 84.9 Å². The average Bonchev–Trinajstić information content (AvgIpc) is 2.76. The Hall–Kier alpha value is -2.18. The Morgan fingerprint density at radius 3 is 1.93 bits per heavy atom. The van der Waals surface area contributed by atoms with E-state index >= 15 is 0 Å². The van der Waals surface area contributed by atoms with Gasteiger partial charge in [-0.2, -0.15) is 0 Å². The average molecular weight is 496 g/mol. The first-order valence-corrected chi connectivity index (χ1v) is 11.1. The van der Waals surface area contributed by atoms with Gasteiger partial charge in [0.1, 0.15) is 0 Å². The molecular weight excluding hydrogens is 471 g/mol. The molecule has 0 aliphatic carbocycles. The molecular formula is C25H25IN2O. The molecule has 0 saturated carbocycles. The first kappa shape index (κ1) is 20.1. The van der Waals surface area contributed by atoms with E-state index in [1.54, 1.807) is 0 Å². The zero-order chi connectivity index (χ0) is 20.1. The number of carbonyl (C=O) groups is 1. The molecule has 148 valence electrons. The van der Waals surface area contributed by atoms with Crippen LogP contribution in [0, 0.1) is 3.57 Å². The quantitative estimate of drug-likeness (QED) is 0.476. The summed E-state index contributed by atoms with van der Waals surface area (Å²) in [5.74, 6) is -0.0315. The summed E-state index contributed by atoms with van der Waals surface area (Å²) in [6, 6.07) is 28.9. The van der Waals surface area contributed by atoms with Gasteiger partial charge in [0, 0.05) is 36.3 Å². The maximum Gasteiger partial charge on any atom is 0.234 e. The summed E-state index contributed by atoms with van der Waals surface area (Å²) >= 11 is 2.36. The van der Waals surface area contributed by atoms with Gasteiger partial charge in [-0.25, -0.2) is 0 Å². The zero-order valence-corrected chi connectivity index (χ0v) is 18.5. The third-order valence-corrected chi connectivity index (χ3v) is 6.16. The SMILES string of the molecule is O=C(C(c1ccccc1)c1ccccc1)N1CCN(Cc2cccc(I)c2)CC1. The van der Waals surface area contributed by atoms with E-state index in [2.05, 4.69) is 76.0 Å². The van der Waals surface area contributed by atoms with Crippen molar-refractivity contribution in [2.75, 3.05) is 26.2 Å². The maximum absolute atomic E-state index is 13.5. The Kier molecular flexibility index (Phi) is 6.62. The lowest BCUT2D eigenvalue weighted by Crippen LogP contribution is -2.49. The molecule has 0 unspecified atom stereocenters. The van der Waals surface area contributed by atoms with Crippen LogP contribution in [-0.2, 0) is 11.3 Å². The van der Waals surface area contributed by atoms with Crippen LogP contribution in [0.2, 0.25) is 0 Å². The normalized spacial score (nSPS) is 14.9. The van der Waals surface area contributed by atoms with Crippen LogP contribution < -0.4 is 0 Å². The lowest BCUT2D eigenvalue weighted by Gasteiger charge is -2.36. The number of hydrogen-bond acceptors (Lipinski definition) is 2. The van der Waals surface area contributed by atoms with Crippen LogP contribution in [0.3, 0.4) is 0 Å². The van der Waals surface area contributed by atoms with Gasteiger partial charge in [0.05, 0.1) is 5.92 Å². The third kappa shape index (κ3) is 5.06. The summed E-state index contributed by atoms with van der Waals surface area (Å²) in [4.78, 5) is 18.0. The fourth-order valence-electron chi connectivity index (χ4n) is 3.97. The highest BCUT2D eigenvalue weighted by Crippen LogP contribution is 2.27. The minimum atomic E-state index is -0.236. The zero-order valence-electron chi connectivity index (χ0n) is 16.4. The summed E-state index contributed by atoms with van der Waals surface area (Å²) in [6.07, 6.45) is 0. The van der Waals surface area contributed by atoms with E-state index in [0.29, 0.717) is 0 Å². The van der Waals surface area contributed by atoms with Crippen molar-refractivity contribution in [1.29, 1.82) is 0 Å². The number of rotatable bonds is 5. The van der Waals surface area contributed by atoms with Crippen LogP contribution in [0.25, 0.3) is 0 Å². The highest BCUT2D eigenvalue weighted by molar-refractivity contribution is 14.1. The number of hydrogen-bond donors (Lipinski definition) is 0. The van der Waals surface area contributed by atoms with E-state index in [1.165, 1.54) is 9.13 Å². The molecule has 0 radical (unpaired) electrons. The molecule has 1 saturated heterocycles. The highest BCUT2D eigenvalue weighted by Gasteiger charge is 2.29. The van der Waals surface area contributed by atoms with Gasteiger partial charge in [-0.1, -0.05) is 72.8 Å². The maximum atomic E-state index is 13.5. The lowest BCUT2D eigenvalue weighted by molar-refractivity contribution is -0.133. The van der Waals surface area contributed by atoms with E-state index < -0.39 is 0 Å². The summed E-state index contributed by atoms with van der Waals surface area (Å²) < 4.78 is 1.27. The molecule has 1 aliphatic rings. The molecule has 4 rings (SSSR count). The number of benzene rings is 3. The second-order valence-corrected chi connectivity index (χ2v) is 8.73. The van der Waals surface area contributed by atoms with Crippen LogP contribution in [0.1, 0.15) is 22.6 Å². The number of nitrogens with zero attached hydrogens (tertiary/aromatic N) is 2. The Morgan fingerprint density at radius 2 is 1.38 bits per heavy atom. The smallest absolute Gasteiger partial charge is 0.234 e. The molecule has 0 bridgehead atoms. The van der Waals surface area contributed by atoms with Gasteiger partial charge < -0.3 is 4.90 Å². The van der Waals surface area contributed by atoms with Gasteiger partial charge in [0.25, 0.3) is 0 Å². The molecule has 1 fully saturated rings. The predicted molar refractivity (Wildman–Crippen MR) is 126 cm³/mol. The molecule has 1 aliphatic heterocycles.